The van der Waals surface area contributed by atoms with Crippen LogP contribution in [-0.2, 0) is 0 Å². The maximum atomic E-state index is 5.38. The number of likely N-dealkylation sites (tertiary alicyclic amines) is 1. The van der Waals surface area contributed by atoms with Crippen molar-refractivity contribution in [3.63, 3.8) is 0 Å². The number of anilines is 1. The van der Waals surface area contributed by atoms with Gasteiger partial charge in [-0.05, 0) is 38.9 Å². The second-order valence-electron chi connectivity index (χ2n) is 4.62. The Morgan fingerprint density at radius 1 is 1.28 bits per heavy atom. The van der Waals surface area contributed by atoms with Crippen LogP contribution in [0.15, 0.2) is 18.2 Å². The van der Waals surface area contributed by atoms with Crippen LogP contribution < -0.4 is 10.1 Å². The molecular weight excluding hydrogens is 226 g/mol. The molecule has 0 saturated carbocycles. The molecule has 100 valence electrons. The van der Waals surface area contributed by atoms with Gasteiger partial charge in [0.1, 0.15) is 5.82 Å². The van der Waals surface area contributed by atoms with Gasteiger partial charge in [-0.15, -0.1) is 0 Å². The van der Waals surface area contributed by atoms with Crippen molar-refractivity contribution in [3.8, 4) is 5.88 Å². The molecule has 0 radical (unpaired) electrons. The molecule has 0 aliphatic carbocycles. The first-order valence-corrected chi connectivity index (χ1v) is 6.94. The molecule has 1 aromatic rings. The molecule has 1 N–H and O–H groups in total. The van der Waals surface area contributed by atoms with E-state index in [0.29, 0.717) is 12.5 Å². The summed E-state index contributed by atoms with van der Waals surface area (Å²) in [6, 6.07) is 5.85. The van der Waals surface area contributed by atoms with Gasteiger partial charge in [-0.25, -0.2) is 0 Å². The Balaban J connectivity index is 1.73. The van der Waals surface area contributed by atoms with Crippen LogP contribution in [0, 0.1) is 0 Å². The number of nitrogens with zero attached hydrogens (tertiary/aromatic N) is 2. The van der Waals surface area contributed by atoms with Crippen molar-refractivity contribution in [2.75, 3.05) is 38.1 Å². The largest absolute Gasteiger partial charge is 0.478 e. The smallest absolute Gasteiger partial charge is 0.215 e. The molecule has 4 nitrogen and oxygen atoms in total. The highest BCUT2D eigenvalue weighted by atomic mass is 16.5. The van der Waals surface area contributed by atoms with E-state index < -0.39 is 0 Å². The van der Waals surface area contributed by atoms with Crippen molar-refractivity contribution < 1.29 is 4.74 Å². The van der Waals surface area contributed by atoms with Crippen LogP contribution in [0.3, 0.4) is 0 Å². The summed E-state index contributed by atoms with van der Waals surface area (Å²) in [4.78, 5) is 6.91. The third-order valence-corrected chi connectivity index (χ3v) is 3.20. The maximum absolute atomic E-state index is 5.38. The summed E-state index contributed by atoms with van der Waals surface area (Å²) in [6.07, 6.45) is 4.08. The average Bonchev–Trinajstić information content (AvgIpc) is 2.41. The molecule has 0 amide bonds. The first kappa shape index (κ1) is 13.1. The summed E-state index contributed by atoms with van der Waals surface area (Å²) >= 11 is 0. The Bertz CT molecular complexity index is 351. The van der Waals surface area contributed by atoms with E-state index in [-0.39, 0.29) is 0 Å². The lowest BCUT2D eigenvalue weighted by molar-refractivity contribution is 0.237. The van der Waals surface area contributed by atoms with Crippen LogP contribution in [0.25, 0.3) is 0 Å². The van der Waals surface area contributed by atoms with E-state index in [0.717, 1.165) is 18.9 Å². The van der Waals surface area contributed by atoms with E-state index in [1.807, 2.05) is 25.1 Å². The molecule has 1 aromatic heterocycles. The molecule has 0 aromatic carbocycles. The molecular formula is C14H23N3O. The average molecular weight is 249 g/mol. The molecule has 0 unspecified atom stereocenters. The second kappa shape index (κ2) is 7.21. The number of aromatic nitrogens is 1. The van der Waals surface area contributed by atoms with Crippen molar-refractivity contribution in [2.24, 2.45) is 0 Å². The zero-order chi connectivity index (χ0) is 12.6. The number of pyridine rings is 1. The Morgan fingerprint density at radius 3 is 2.89 bits per heavy atom. The molecule has 1 fully saturated rings. The predicted molar refractivity (Wildman–Crippen MR) is 74.2 cm³/mol. The topological polar surface area (TPSA) is 37.4 Å². The monoisotopic (exact) mass is 249 g/mol. The molecule has 0 bridgehead atoms. The fourth-order valence-electron chi connectivity index (χ4n) is 2.27. The van der Waals surface area contributed by atoms with Crippen molar-refractivity contribution >= 4 is 5.82 Å². The lowest BCUT2D eigenvalue weighted by atomic mass is 10.1. The standard InChI is InChI=1S/C14H23N3O/c1-2-18-14-8-6-7-13(16-14)15-9-12-17-10-4-3-5-11-17/h6-8H,2-5,9-12H2,1H3,(H,15,16). The molecule has 1 aliphatic rings. The minimum Gasteiger partial charge on any atom is -0.478 e. The SMILES string of the molecule is CCOc1cccc(NCCN2CCCCC2)n1. The summed E-state index contributed by atoms with van der Waals surface area (Å²) in [5.41, 5.74) is 0. The van der Waals surface area contributed by atoms with Crippen molar-refractivity contribution in [3.05, 3.63) is 18.2 Å². The summed E-state index contributed by atoms with van der Waals surface area (Å²) in [5, 5.41) is 3.36. The van der Waals surface area contributed by atoms with Gasteiger partial charge in [0, 0.05) is 19.2 Å². The van der Waals surface area contributed by atoms with Crippen LogP contribution in [0.1, 0.15) is 26.2 Å². The van der Waals surface area contributed by atoms with E-state index in [1.165, 1.54) is 32.4 Å². The highest BCUT2D eigenvalue weighted by Gasteiger charge is 2.08. The molecule has 1 aliphatic heterocycles. The van der Waals surface area contributed by atoms with E-state index in [9.17, 15) is 0 Å². The summed E-state index contributed by atoms with van der Waals surface area (Å²) in [6.45, 7) is 7.16. The minimum atomic E-state index is 0.657. The van der Waals surface area contributed by atoms with Gasteiger partial charge in [0.05, 0.1) is 6.61 Å². The van der Waals surface area contributed by atoms with Crippen molar-refractivity contribution in [2.45, 2.75) is 26.2 Å². The van der Waals surface area contributed by atoms with Gasteiger partial charge in [0.2, 0.25) is 5.88 Å². The fourth-order valence-corrected chi connectivity index (χ4v) is 2.27. The third kappa shape index (κ3) is 4.18. The molecule has 18 heavy (non-hydrogen) atoms. The Labute approximate surface area is 109 Å². The van der Waals surface area contributed by atoms with Crippen LogP contribution in [-0.4, -0.2) is 42.7 Å². The molecule has 4 heteroatoms. The van der Waals surface area contributed by atoms with E-state index in [2.05, 4.69) is 15.2 Å². The highest BCUT2D eigenvalue weighted by molar-refractivity contribution is 5.36. The number of rotatable bonds is 6. The lowest BCUT2D eigenvalue weighted by Gasteiger charge is -2.26. The maximum Gasteiger partial charge on any atom is 0.215 e. The van der Waals surface area contributed by atoms with Gasteiger partial charge in [-0.1, -0.05) is 12.5 Å². The molecule has 1 saturated heterocycles. The molecule has 2 rings (SSSR count). The number of nitrogens with one attached hydrogen (secondary N) is 1. The van der Waals surface area contributed by atoms with Crippen LogP contribution >= 0.6 is 0 Å². The van der Waals surface area contributed by atoms with Gasteiger partial charge in [-0.3, -0.25) is 0 Å². The number of piperidine rings is 1. The van der Waals surface area contributed by atoms with Gasteiger partial charge in [0.15, 0.2) is 0 Å². The highest BCUT2D eigenvalue weighted by Crippen LogP contribution is 2.11. The zero-order valence-corrected chi connectivity index (χ0v) is 11.2. The molecule has 0 atom stereocenters. The number of hydrogen-bond acceptors (Lipinski definition) is 4. The lowest BCUT2D eigenvalue weighted by Crippen LogP contribution is -2.33. The van der Waals surface area contributed by atoms with Crippen molar-refractivity contribution in [1.82, 2.24) is 9.88 Å². The van der Waals surface area contributed by atoms with Gasteiger partial charge < -0.3 is 15.0 Å². The summed E-state index contributed by atoms with van der Waals surface area (Å²) < 4.78 is 5.38. The first-order valence-electron chi connectivity index (χ1n) is 6.94. The molecule has 2 heterocycles. The quantitative estimate of drug-likeness (QED) is 0.840. The van der Waals surface area contributed by atoms with Crippen LogP contribution in [0.4, 0.5) is 5.82 Å². The Kier molecular flexibility index (Phi) is 5.27. The van der Waals surface area contributed by atoms with Gasteiger partial charge in [-0.2, -0.15) is 4.98 Å². The second-order valence-corrected chi connectivity index (χ2v) is 4.62. The summed E-state index contributed by atoms with van der Waals surface area (Å²) in [7, 11) is 0. The van der Waals surface area contributed by atoms with Crippen LogP contribution in [0.2, 0.25) is 0 Å². The van der Waals surface area contributed by atoms with Crippen LogP contribution in [0.5, 0.6) is 5.88 Å². The fraction of sp³-hybridized carbons (Fsp3) is 0.643. The normalized spacial score (nSPS) is 16.5. The van der Waals surface area contributed by atoms with E-state index in [1.54, 1.807) is 0 Å². The minimum absolute atomic E-state index is 0.657. The van der Waals surface area contributed by atoms with Gasteiger partial charge in [0.25, 0.3) is 0 Å². The number of ether oxygens (including phenoxy) is 1. The van der Waals surface area contributed by atoms with Gasteiger partial charge >= 0.3 is 0 Å². The van der Waals surface area contributed by atoms with Crippen molar-refractivity contribution in [1.29, 1.82) is 0 Å². The number of hydrogen-bond donors (Lipinski definition) is 1. The predicted octanol–water partition coefficient (Wildman–Crippen LogP) is 2.38. The first-order chi connectivity index (χ1) is 8.88. The Morgan fingerprint density at radius 2 is 2.11 bits per heavy atom. The summed E-state index contributed by atoms with van der Waals surface area (Å²) in [5.74, 6) is 1.60. The third-order valence-electron chi connectivity index (χ3n) is 3.20. The Hall–Kier alpha value is -1.29. The molecule has 0 spiro atoms. The van der Waals surface area contributed by atoms with E-state index in [4.69, 9.17) is 4.74 Å². The zero-order valence-electron chi connectivity index (χ0n) is 11.2. The van der Waals surface area contributed by atoms with E-state index >= 15 is 0 Å².